The highest BCUT2D eigenvalue weighted by Crippen LogP contribution is 2.07. The molecule has 1 atom stereocenters. The third kappa shape index (κ3) is 5.58. The van der Waals surface area contributed by atoms with Crippen LogP contribution in [-0.2, 0) is 0 Å². The first-order chi connectivity index (χ1) is 6.11. The summed E-state index contributed by atoms with van der Waals surface area (Å²) in [5.41, 5.74) is 1.60. The summed E-state index contributed by atoms with van der Waals surface area (Å²) >= 11 is 0. The second-order valence-corrected chi connectivity index (χ2v) is 3.09. The van der Waals surface area contributed by atoms with E-state index in [1.807, 2.05) is 0 Å². The van der Waals surface area contributed by atoms with Crippen molar-refractivity contribution in [1.82, 2.24) is 0 Å². The Hall–Kier alpha value is -0.640. The van der Waals surface area contributed by atoms with Crippen molar-refractivity contribution in [2.24, 2.45) is 0 Å². The van der Waals surface area contributed by atoms with E-state index in [2.05, 4.69) is 0 Å². The summed E-state index contributed by atoms with van der Waals surface area (Å²) in [6, 6.07) is 0. The molecule has 0 saturated heterocycles. The third-order valence-corrected chi connectivity index (χ3v) is 1.88. The zero-order chi connectivity index (χ0) is 10.3. The topological polar surface area (TPSA) is 60.7 Å². The SMILES string of the molecule is C/C(=C\C[C@@H](O)/C(C)=C/CO)CO. The zero-order valence-corrected chi connectivity index (χ0v) is 8.20. The molecule has 0 bridgehead atoms. The maximum Gasteiger partial charge on any atom is 0.0782 e. The van der Waals surface area contributed by atoms with E-state index in [0.717, 1.165) is 11.1 Å². The Bertz CT molecular complexity index is 194. The average molecular weight is 186 g/mol. The summed E-state index contributed by atoms with van der Waals surface area (Å²) in [6.07, 6.45) is 3.29. The standard InChI is InChI=1S/C10H18O3/c1-8(7-12)3-4-10(13)9(2)5-6-11/h3,5,10-13H,4,6-7H2,1-2H3/b8-3+,9-5+/t10-/m1/s1. The minimum atomic E-state index is -0.561. The molecule has 3 heteroatoms. The largest absolute Gasteiger partial charge is 0.392 e. The summed E-state index contributed by atoms with van der Waals surface area (Å²) < 4.78 is 0. The Balaban J connectivity index is 4.00. The molecule has 0 aliphatic heterocycles. The number of aliphatic hydroxyl groups excluding tert-OH is 3. The lowest BCUT2D eigenvalue weighted by Crippen LogP contribution is -2.07. The molecule has 0 spiro atoms. The van der Waals surface area contributed by atoms with Gasteiger partial charge >= 0.3 is 0 Å². The van der Waals surface area contributed by atoms with Crippen molar-refractivity contribution in [1.29, 1.82) is 0 Å². The summed E-state index contributed by atoms with van der Waals surface area (Å²) in [6.45, 7) is 3.54. The number of aliphatic hydroxyl groups is 3. The fourth-order valence-corrected chi connectivity index (χ4v) is 0.843. The molecule has 3 nitrogen and oxygen atoms in total. The van der Waals surface area contributed by atoms with Crippen LogP contribution in [0.15, 0.2) is 23.3 Å². The van der Waals surface area contributed by atoms with Gasteiger partial charge in [0.1, 0.15) is 0 Å². The van der Waals surface area contributed by atoms with Crippen molar-refractivity contribution in [2.75, 3.05) is 13.2 Å². The summed E-state index contributed by atoms with van der Waals surface area (Å²) in [7, 11) is 0. The Morgan fingerprint density at radius 2 is 1.85 bits per heavy atom. The molecule has 0 unspecified atom stereocenters. The van der Waals surface area contributed by atoms with E-state index in [9.17, 15) is 5.11 Å². The van der Waals surface area contributed by atoms with Crippen LogP contribution < -0.4 is 0 Å². The van der Waals surface area contributed by atoms with E-state index in [1.54, 1.807) is 26.0 Å². The highest BCUT2D eigenvalue weighted by atomic mass is 16.3. The molecule has 0 aromatic carbocycles. The number of hydrogen-bond donors (Lipinski definition) is 3. The van der Waals surface area contributed by atoms with Crippen molar-refractivity contribution in [3.8, 4) is 0 Å². The van der Waals surface area contributed by atoms with Crippen molar-refractivity contribution in [3.05, 3.63) is 23.3 Å². The number of hydrogen-bond acceptors (Lipinski definition) is 3. The van der Waals surface area contributed by atoms with E-state index in [0.29, 0.717) is 6.42 Å². The molecule has 0 aliphatic rings. The first-order valence-corrected chi connectivity index (χ1v) is 4.33. The van der Waals surface area contributed by atoms with Crippen LogP contribution in [0.5, 0.6) is 0 Å². The van der Waals surface area contributed by atoms with Crippen LogP contribution in [0.3, 0.4) is 0 Å². The first kappa shape index (κ1) is 12.4. The smallest absolute Gasteiger partial charge is 0.0782 e. The summed E-state index contributed by atoms with van der Waals surface area (Å²) in [5.74, 6) is 0. The van der Waals surface area contributed by atoms with Gasteiger partial charge in [0.2, 0.25) is 0 Å². The van der Waals surface area contributed by atoms with Gasteiger partial charge in [-0.05, 0) is 25.8 Å². The summed E-state index contributed by atoms with van der Waals surface area (Å²) in [5, 5.41) is 26.7. The fraction of sp³-hybridized carbons (Fsp3) is 0.600. The van der Waals surface area contributed by atoms with Crippen LogP contribution in [0.2, 0.25) is 0 Å². The van der Waals surface area contributed by atoms with Gasteiger partial charge in [0.25, 0.3) is 0 Å². The van der Waals surface area contributed by atoms with E-state index in [1.165, 1.54) is 0 Å². The fourth-order valence-electron chi connectivity index (χ4n) is 0.843. The molecule has 13 heavy (non-hydrogen) atoms. The van der Waals surface area contributed by atoms with Crippen molar-refractivity contribution in [2.45, 2.75) is 26.4 Å². The molecule has 76 valence electrons. The molecule has 3 N–H and O–H groups in total. The maximum absolute atomic E-state index is 9.49. The molecule has 0 saturated carbocycles. The van der Waals surface area contributed by atoms with Gasteiger partial charge in [0.15, 0.2) is 0 Å². The van der Waals surface area contributed by atoms with Gasteiger partial charge in [-0.1, -0.05) is 17.7 Å². The maximum atomic E-state index is 9.49. The van der Waals surface area contributed by atoms with Crippen molar-refractivity contribution >= 4 is 0 Å². The Morgan fingerprint density at radius 1 is 1.23 bits per heavy atom. The van der Waals surface area contributed by atoms with E-state index >= 15 is 0 Å². The molecule has 0 amide bonds. The highest BCUT2D eigenvalue weighted by molar-refractivity contribution is 5.08. The van der Waals surface area contributed by atoms with Gasteiger partial charge in [0, 0.05) is 0 Å². The molecule has 0 radical (unpaired) electrons. The molecule has 0 aromatic rings. The molecule has 0 aromatic heterocycles. The van der Waals surface area contributed by atoms with Crippen LogP contribution in [0, 0.1) is 0 Å². The van der Waals surface area contributed by atoms with Crippen LogP contribution in [0.1, 0.15) is 20.3 Å². The minimum Gasteiger partial charge on any atom is -0.392 e. The lowest BCUT2D eigenvalue weighted by molar-refractivity contribution is 0.211. The van der Waals surface area contributed by atoms with E-state index in [4.69, 9.17) is 10.2 Å². The Labute approximate surface area is 79.0 Å². The van der Waals surface area contributed by atoms with Gasteiger partial charge in [-0.2, -0.15) is 0 Å². The molecule has 0 aliphatic carbocycles. The molecular weight excluding hydrogens is 168 g/mol. The molecule has 0 rings (SSSR count). The molecule has 0 heterocycles. The molecule has 0 fully saturated rings. The van der Waals surface area contributed by atoms with Crippen LogP contribution in [-0.4, -0.2) is 34.6 Å². The van der Waals surface area contributed by atoms with E-state index in [-0.39, 0.29) is 13.2 Å². The second kappa shape index (κ2) is 6.83. The lowest BCUT2D eigenvalue weighted by Gasteiger charge is -2.08. The summed E-state index contributed by atoms with van der Waals surface area (Å²) in [4.78, 5) is 0. The van der Waals surface area contributed by atoms with Gasteiger partial charge in [-0.15, -0.1) is 0 Å². The van der Waals surface area contributed by atoms with Gasteiger partial charge in [-0.25, -0.2) is 0 Å². The second-order valence-electron chi connectivity index (χ2n) is 3.09. The minimum absolute atomic E-state index is 0.0233. The van der Waals surface area contributed by atoms with Crippen molar-refractivity contribution in [3.63, 3.8) is 0 Å². The van der Waals surface area contributed by atoms with Crippen molar-refractivity contribution < 1.29 is 15.3 Å². The van der Waals surface area contributed by atoms with Gasteiger partial charge in [0.05, 0.1) is 19.3 Å². The van der Waals surface area contributed by atoms with Gasteiger partial charge < -0.3 is 15.3 Å². The predicted molar refractivity (Wildman–Crippen MR) is 52.3 cm³/mol. The first-order valence-electron chi connectivity index (χ1n) is 4.33. The lowest BCUT2D eigenvalue weighted by atomic mass is 10.1. The zero-order valence-electron chi connectivity index (χ0n) is 8.20. The third-order valence-electron chi connectivity index (χ3n) is 1.88. The quantitative estimate of drug-likeness (QED) is 0.551. The Kier molecular flexibility index (Phi) is 6.49. The average Bonchev–Trinajstić information content (AvgIpc) is 2.13. The number of rotatable bonds is 5. The van der Waals surface area contributed by atoms with Crippen LogP contribution in [0.25, 0.3) is 0 Å². The molecular formula is C10H18O3. The Morgan fingerprint density at radius 3 is 2.31 bits per heavy atom. The van der Waals surface area contributed by atoms with Crippen LogP contribution in [0.4, 0.5) is 0 Å². The normalized spacial score (nSPS) is 16.1. The van der Waals surface area contributed by atoms with Crippen LogP contribution >= 0.6 is 0 Å². The van der Waals surface area contributed by atoms with Gasteiger partial charge in [-0.3, -0.25) is 0 Å². The predicted octanol–water partition coefficient (Wildman–Crippen LogP) is 0.615. The highest BCUT2D eigenvalue weighted by Gasteiger charge is 2.03. The van der Waals surface area contributed by atoms with E-state index < -0.39 is 6.10 Å². The monoisotopic (exact) mass is 186 g/mol.